The van der Waals surface area contributed by atoms with E-state index in [4.69, 9.17) is 16.4 Å². The van der Waals surface area contributed by atoms with Crippen molar-refractivity contribution in [1.82, 2.24) is 9.78 Å². The Morgan fingerprint density at radius 2 is 2.28 bits per heavy atom. The molecule has 1 aromatic rings. The minimum atomic E-state index is 0. The lowest BCUT2D eigenvalue weighted by atomic mass is 10.0. The Morgan fingerprint density at radius 1 is 1.52 bits per heavy atom. The minimum absolute atomic E-state index is 0. The van der Waals surface area contributed by atoms with Crippen LogP contribution in [0.3, 0.4) is 0 Å². The summed E-state index contributed by atoms with van der Waals surface area (Å²) < 4.78 is 1.94. The SMILES string of the molecule is C.CI.N#CCC1CCCC1n1cc(/C(C=N)=C2\C=CN=C2N)cn1. The summed E-state index contributed by atoms with van der Waals surface area (Å²) in [6.45, 7) is 0. The van der Waals surface area contributed by atoms with Gasteiger partial charge < -0.3 is 11.1 Å². The van der Waals surface area contributed by atoms with Crippen LogP contribution in [0, 0.1) is 22.7 Å². The molecular formula is C18H25IN6. The maximum Gasteiger partial charge on any atom is 0.131 e. The van der Waals surface area contributed by atoms with Gasteiger partial charge in [0, 0.05) is 41.7 Å². The van der Waals surface area contributed by atoms with E-state index in [9.17, 15) is 0 Å². The van der Waals surface area contributed by atoms with Crippen molar-refractivity contribution in [3.05, 3.63) is 35.8 Å². The molecule has 3 rings (SSSR count). The van der Waals surface area contributed by atoms with Crippen molar-refractivity contribution >= 4 is 40.2 Å². The molecule has 2 aliphatic rings. The van der Waals surface area contributed by atoms with Gasteiger partial charge in [-0.05, 0) is 29.8 Å². The Labute approximate surface area is 163 Å². The third-order valence-electron chi connectivity index (χ3n) is 4.39. The molecule has 7 heteroatoms. The van der Waals surface area contributed by atoms with Crippen molar-refractivity contribution in [3.8, 4) is 6.07 Å². The monoisotopic (exact) mass is 452 g/mol. The quantitative estimate of drug-likeness (QED) is 0.408. The summed E-state index contributed by atoms with van der Waals surface area (Å²) in [5.74, 6) is 0.793. The van der Waals surface area contributed by atoms with Gasteiger partial charge in [0.05, 0.1) is 18.3 Å². The number of amidine groups is 1. The van der Waals surface area contributed by atoms with Crippen LogP contribution in [0.1, 0.15) is 44.7 Å². The molecule has 1 aliphatic heterocycles. The number of rotatable bonds is 4. The van der Waals surface area contributed by atoms with Gasteiger partial charge in [0.2, 0.25) is 0 Å². The average Bonchev–Trinajstić information content (AvgIpc) is 3.33. The Kier molecular flexibility index (Phi) is 8.55. The average molecular weight is 452 g/mol. The summed E-state index contributed by atoms with van der Waals surface area (Å²) in [7, 11) is 0. The summed E-state index contributed by atoms with van der Waals surface area (Å²) in [5, 5.41) is 21.1. The number of hydrogen-bond donors (Lipinski definition) is 2. The van der Waals surface area contributed by atoms with Crippen molar-refractivity contribution < 1.29 is 0 Å². The molecule has 0 bridgehead atoms. The smallest absolute Gasteiger partial charge is 0.131 e. The number of nitrogens with one attached hydrogen (secondary N) is 1. The van der Waals surface area contributed by atoms with E-state index >= 15 is 0 Å². The maximum atomic E-state index is 8.94. The van der Waals surface area contributed by atoms with Crippen molar-refractivity contribution in [2.45, 2.75) is 39.2 Å². The van der Waals surface area contributed by atoms with Gasteiger partial charge in [-0.25, -0.2) is 4.99 Å². The molecule has 2 unspecified atom stereocenters. The zero-order valence-electron chi connectivity index (χ0n) is 13.6. The van der Waals surface area contributed by atoms with Crippen molar-refractivity contribution in [3.63, 3.8) is 0 Å². The van der Waals surface area contributed by atoms with Crippen LogP contribution in [-0.4, -0.2) is 26.8 Å². The zero-order valence-corrected chi connectivity index (χ0v) is 15.8. The van der Waals surface area contributed by atoms with Gasteiger partial charge in [0.15, 0.2) is 0 Å². The van der Waals surface area contributed by atoms with Crippen molar-refractivity contribution in [2.75, 3.05) is 4.93 Å². The molecule has 0 spiro atoms. The number of nitrogens with zero attached hydrogens (tertiary/aromatic N) is 4. The molecule has 1 saturated carbocycles. The van der Waals surface area contributed by atoms with E-state index in [0.717, 1.165) is 36.0 Å². The van der Waals surface area contributed by atoms with Crippen molar-refractivity contribution in [1.29, 1.82) is 10.7 Å². The van der Waals surface area contributed by atoms with Crippen LogP contribution < -0.4 is 5.73 Å². The Balaban J connectivity index is 0.00000101. The van der Waals surface area contributed by atoms with Crippen LogP contribution in [-0.2, 0) is 0 Å². The second-order valence-corrected chi connectivity index (χ2v) is 5.63. The number of nitriles is 1. The molecule has 6 nitrogen and oxygen atoms in total. The van der Waals surface area contributed by atoms with Crippen LogP contribution in [0.25, 0.3) is 5.57 Å². The number of nitrogens with two attached hydrogens (primary N) is 1. The molecule has 134 valence electrons. The number of hydrogen-bond acceptors (Lipinski definition) is 5. The first kappa shape index (κ1) is 21.1. The van der Waals surface area contributed by atoms with Crippen molar-refractivity contribution in [2.24, 2.45) is 16.6 Å². The topological polar surface area (TPSA) is 104 Å². The maximum absolute atomic E-state index is 8.94. The predicted octanol–water partition coefficient (Wildman–Crippen LogP) is 4.11. The molecular weight excluding hydrogens is 427 g/mol. The molecule has 25 heavy (non-hydrogen) atoms. The van der Waals surface area contributed by atoms with Crippen LogP contribution in [0.5, 0.6) is 0 Å². The first-order valence-electron chi connectivity index (χ1n) is 7.78. The molecule has 1 fully saturated rings. The highest BCUT2D eigenvalue weighted by molar-refractivity contribution is 14.1. The third kappa shape index (κ3) is 4.57. The fourth-order valence-electron chi connectivity index (χ4n) is 3.27. The molecule has 3 N–H and O–H groups in total. The van der Waals surface area contributed by atoms with E-state index in [1.807, 2.05) is 15.8 Å². The van der Waals surface area contributed by atoms with Crippen LogP contribution in [0.2, 0.25) is 0 Å². The van der Waals surface area contributed by atoms with Gasteiger partial charge in [-0.3, -0.25) is 4.68 Å². The lowest BCUT2D eigenvalue weighted by Crippen LogP contribution is -2.14. The second-order valence-electron chi connectivity index (χ2n) is 5.63. The van der Waals surface area contributed by atoms with E-state index in [0.29, 0.717) is 18.2 Å². The number of aromatic nitrogens is 2. The normalized spacial score (nSPS) is 23.0. The highest BCUT2D eigenvalue weighted by Gasteiger charge is 2.29. The summed E-state index contributed by atoms with van der Waals surface area (Å²) in [6.07, 6.45) is 12.3. The third-order valence-corrected chi connectivity index (χ3v) is 4.39. The molecule has 0 radical (unpaired) electrons. The number of halogens is 1. The van der Waals surface area contributed by atoms with E-state index in [-0.39, 0.29) is 13.5 Å². The van der Waals surface area contributed by atoms with E-state index in [1.54, 1.807) is 18.5 Å². The van der Waals surface area contributed by atoms with Crippen LogP contribution in [0.4, 0.5) is 0 Å². The fraction of sp³-hybridized carbons (Fsp3) is 0.444. The predicted molar refractivity (Wildman–Crippen MR) is 112 cm³/mol. The molecule has 0 amide bonds. The molecule has 1 aliphatic carbocycles. The van der Waals surface area contributed by atoms with Crippen LogP contribution >= 0.6 is 22.6 Å². The molecule has 0 aromatic carbocycles. The number of aliphatic imine (C=N–C) groups is 1. The van der Waals surface area contributed by atoms with E-state index in [1.165, 1.54) is 6.21 Å². The first-order valence-corrected chi connectivity index (χ1v) is 9.94. The molecule has 0 saturated heterocycles. The van der Waals surface area contributed by atoms with Gasteiger partial charge >= 0.3 is 0 Å². The highest BCUT2D eigenvalue weighted by Crippen LogP contribution is 2.37. The zero-order chi connectivity index (χ0) is 17.5. The summed E-state index contributed by atoms with van der Waals surface area (Å²) in [5.41, 5.74) is 8.18. The fourth-order valence-corrected chi connectivity index (χ4v) is 3.27. The summed E-state index contributed by atoms with van der Waals surface area (Å²) in [4.78, 5) is 5.99. The largest absolute Gasteiger partial charge is 0.383 e. The van der Waals surface area contributed by atoms with E-state index < -0.39 is 0 Å². The molecule has 2 heterocycles. The summed E-state index contributed by atoms with van der Waals surface area (Å²) in [6, 6.07) is 2.55. The Morgan fingerprint density at radius 3 is 2.88 bits per heavy atom. The standard InChI is InChI=1S/C16H18N6.CH3I.CH4/c17-6-4-11-2-1-3-15(11)22-10-12(9-21-22)14(8-18)13-5-7-20-16(13)19;1-2;/h5,7-11,15,18H,1-4H2,(H2,19,20);1H3;1H4/b14-13+,18-8?;;. The summed E-state index contributed by atoms with van der Waals surface area (Å²) >= 11 is 2.15. The van der Waals surface area contributed by atoms with E-state index in [2.05, 4.69) is 38.8 Å². The van der Waals surface area contributed by atoms with Crippen LogP contribution in [0.15, 0.2) is 35.2 Å². The van der Waals surface area contributed by atoms with Gasteiger partial charge in [-0.2, -0.15) is 10.4 Å². The first-order chi connectivity index (χ1) is 11.7. The molecule has 1 aromatic heterocycles. The second kappa shape index (κ2) is 10.1. The van der Waals surface area contributed by atoms with Gasteiger partial charge in [0.25, 0.3) is 0 Å². The number of allylic oxidation sites excluding steroid dienone is 1. The number of alkyl halides is 1. The lowest BCUT2D eigenvalue weighted by molar-refractivity contribution is 0.356. The van der Waals surface area contributed by atoms with Gasteiger partial charge in [-0.15, -0.1) is 0 Å². The minimum Gasteiger partial charge on any atom is -0.383 e. The Hall–Kier alpha value is -1.95. The van der Waals surface area contributed by atoms with Gasteiger partial charge in [0.1, 0.15) is 5.84 Å². The lowest BCUT2D eigenvalue weighted by Gasteiger charge is -2.17. The highest BCUT2D eigenvalue weighted by atomic mass is 127. The van der Waals surface area contributed by atoms with Gasteiger partial charge in [-0.1, -0.05) is 36.4 Å². The molecule has 2 atom stereocenters. The Bertz CT molecular complexity index is 722.